The molecule has 1 aliphatic heterocycles. The van der Waals surface area contributed by atoms with Gasteiger partial charge in [-0.1, -0.05) is 53.7 Å². The fraction of sp³-hybridized carbons (Fsp3) is 0.318. The molecule has 142 valence electrons. The molecule has 4 nitrogen and oxygen atoms in total. The monoisotopic (exact) mass is 382 g/mol. The maximum Gasteiger partial charge on any atom is 0.356 e. The molecule has 0 bridgehead atoms. The van der Waals surface area contributed by atoms with Crippen molar-refractivity contribution < 1.29 is 9.53 Å². The van der Waals surface area contributed by atoms with Crippen molar-refractivity contribution >= 4 is 28.3 Å². The van der Waals surface area contributed by atoms with Gasteiger partial charge in [0.25, 0.3) is 0 Å². The Kier molecular flexibility index (Phi) is 6.24. The Balaban J connectivity index is 2.15. The molecule has 0 saturated carbocycles. The lowest BCUT2D eigenvalue weighted by molar-refractivity contribution is -0.138. The quantitative estimate of drug-likeness (QED) is 0.692. The average molecular weight is 383 g/mol. The molecule has 0 saturated heterocycles. The van der Waals surface area contributed by atoms with Gasteiger partial charge in [-0.3, -0.25) is 0 Å². The number of anilines is 1. The van der Waals surface area contributed by atoms with Crippen LogP contribution in [0.2, 0.25) is 0 Å². The zero-order valence-corrected chi connectivity index (χ0v) is 17.2. The molecule has 1 heterocycles. The number of nitrogens with zero attached hydrogens (tertiary/aromatic N) is 2. The van der Waals surface area contributed by atoms with Gasteiger partial charge >= 0.3 is 5.97 Å². The van der Waals surface area contributed by atoms with E-state index in [-0.39, 0.29) is 5.97 Å². The van der Waals surface area contributed by atoms with Gasteiger partial charge in [0.1, 0.15) is 5.70 Å². The van der Waals surface area contributed by atoms with E-state index in [1.807, 2.05) is 33.2 Å². The van der Waals surface area contributed by atoms with Crippen LogP contribution in [0.4, 0.5) is 5.69 Å². The van der Waals surface area contributed by atoms with Crippen LogP contribution in [0.5, 0.6) is 0 Å². The molecule has 0 amide bonds. The van der Waals surface area contributed by atoms with E-state index in [2.05, 4.69) is 53.1 Å². The van der Waals surface area contributed by atoms with Crippen LogP contribution in [0.25, 0.3) is 4.91 Å². The Bertz CT molecular complexity index is 844. The summed E-state index contributed by atoms with van der Waals surface area (Å²) in [5, 5.41) is 0. The van der Waals surface area contributed by atoms with E-state index in [4.69, 9.17) is 4.74 Å². The molecule has 0 atom stereocenters. The predicted octanol–water partition coefficient (Wildman–Crippen LogP) is 4.40. The summed E-state index contributed by atoms with van der Waals surface area (Å²) < 4.78 is 5.44. The summed E-state index contributed by atoms with van der Waals surface area (Å²) in [5.41, 5.74) is 3.93. The van der Waals surface area contributed by atoms with Crippen LogP contribution in [-0.4, -0.2) is 44.7 Å². The number of likely N-dealkylation sites (N-methyl/N-ethyl adjacent to an activating group) is 1. The Labute approximate surface area is 165 Å². The van der Waals surface area contributed by atoms with Crippen LogP contribution in [0.15, 0.2) is 59.1 Å². The number of carbonyl (C=O) groups is 1. The summed E-state index contributed by atoms with van der Waals surface area (Å²) in [6, 6.07) is 16.6. The summed E-state index contributed by atoms with van der Waals surface area (Å²) >= 11 is 1.64. The molecule has 5 heteroatoms. The third kappa shape index (κ3) is 4.37. The Morgan fingerprint density at radius 3 is 2.48 bits per heavy atom. The normalized spacial score (nSPS) is 13.7. The van der Waals surface area contributed by atoms with Crippen molar-refractivity contribution in [3.8, 4) is 0 Å². The molecular weight excluding hydrogens is 356 g/mol. The van der Waals surface area contributed by atoms with Gasteiger partial charge in [-0.15, -0.1) is 0 Å². The molecule has 0 unspecified atom stereocenters. The summed E-state index contributed by atoms with van der Waals surface area (Å²) in [6.07, 6.45) is 0. The van der Waals surface area contributed by atoms with Crippen molar-refractivity contribution in [3.63, 3.8) is 0 Å². The molecule has 3 rings (SSSR count). The molecule has 2 aromatic carbocycles. The van der Waals surface area contributed by atoms with Crippen LogP contribution in [-0.2, 0) is 9.53 Å². The van der Waals surface area contributed by atoms with E-state index in [0.29, 0.717) is 18.8 Å². The van der Waals surface area contributed by atoms with Gasteiger partial charge in [0, 0.05) is 18.0 Å². The third-order valence-corrected chi connectivity index (χ3v) is 5.60. The first kappa shape index (κ1) is 19.5. The highest BCUT2D eigenvalue weighted by Gasteiger charge is 2.31. The number of esters is 1. The van der Waals surface area contributed by atoms with Gasteiger partial charge in [-0.2, -0.15) is 0 Å². The van der Waals surface area contributed by atoms with Crippen LogP contribution in [0.3, 0.4) is 0 Å². The lowest BCUT2D eigenvalue weighted by Gasteiger charge is -2.34. The van der Waals surface area contributed by atoms with Crippen molar-refractivity contribution in [2.45, 2.75) is 18.7 Å². The maximum atomic E-state index is 13.0. The lowest BCUT2D eigenvalue weighted by atomic mass is 10.1. The molecule has 0 aliphatic carbocycles. The number of para-hydroxylation sites is 1. The second-order valence-corrected chi connectivity index (χ2v) is 7.84. The van der Waals surface area contributed by atoms with E-state index < -0.39 is 0 Å². The van der Waals surface area contributed by atoms with E-state index >= 15 is 0 Å². The molecule has 0 aromatic heterocycles. The highest BCUT2D eigenvalue weighted by Crippen LogP contribution is 2.47. The molecule has 1 aliphatic rings. The fourth-order valence-electron chi connectivity index (χ4n) is 3.00. The van der Waals surface area contributed by atoms with Gasteiger partial charge < -0.3 is 14.5 Å². The largest absolute Gasteiger partial charge is 0.461 e. The highest BCUT2D eigenvalue weighted by atomic mass is 32.2. The summed E-state index contributed by atoms with van der Waals surface area (Å²) in [6.45, 7) is 5.82. The predicted molar refractivity (Wildman–Crippen MR) is 113 cm³/mol. The van der Waals surface area contributed by atoms with Gasteiger partial charge in [0.2, 0.25) is 0 Å². The van der Waals surface area contributed by atoms with Crippen LogP contribution >= 0.6 is 11.8 Å². The van der Waals surface area contributed by atoms with Crippen LogP contribution in [0, 0.1) is 6.92 Å². The number of hydrogen-bond acceptors (Lipinski definition) is 5. The van der Waals surface area contributed by atoms with Crippen molar-refractivity contribution in [1.82, 2.24) is 4.90 Å². The minimum atomic E-state index is -0.270. The first-order chi connectivity index (χ1) is 13.0. The SMILES string of the molecule is CCOC(=O)C1=C(c2ccc(C)cc2)Sc2ccccc2N1CCN(C)C. The average Bonchev–Trinajstić information content (AvgIpc) is 2.66. The second kappa shape index (κ2) is 8.63. The van der Waals surface area contributed by atoms with Crippen molar-refractivity contribution in [2.75, 3.05) is 38.7 Å². The molecular formula is C22H26N2O2S. The van der Waals surface area contributed by atoms with Crippen molar-refractivity contribution in [3.05, 3.63) is 65.4 Å². The highest BCUT2D eigenvalue weighted by molar-refractivity contribution is 8.08. The fourth-order valence-corrected chi connectivity index (χ4v) is 4.20. The van der Waals surface area contributed by atoms with E-state index in [0.717, 1.165) is 27.6 Å². The lowest BCUT2D eigenvalue weighted by Crippen LogP contribution is -2.36. The number of hydrogen-bond donors (Lipinski definition) is 0. The maximum absolute atomic E-state index is 13.0. The zero-order chi connectivity index (χ0) is 19.4. The van der Waals surface area contributed by atoms with Crippen molar-refractivity contribution in [1.29, 1.82) is 0 Å². The molecule has 0 radical (unpaired) electrons. The number of rotatable bonds is 6. The van der Waals surface area contributed by atoms with E-state index in [1.165, 1.54) is 5.56 Å². The van der Waals surface area contributed by atoms with Gasteiger partial charge in [-0.25, -0.2) is 4.79 Å². The van der Waals surface area contributed by atoms with E-state index in [1.54, 1.807) is 11.8 Å². The van der Waals surface area contributed by atoms with E-state index in [9.17, 15) is 4.79 Å². The molecule has 0 spiro atoms. The first-order valence-electron chi connectivity index (χ1n) is 9.19. The topological polar surface area (TPSA) is 32.8 Å². The minimum absolute atomic E-state index is 0.270. The Morgan fingerprint density at radius 2 is 1.81 bits per heavy atom. The molecule has 0 fully saturated rings. The van der Waals surface area contributed by atoms with Crippen molar-refractivity contribution in [2.24, 2.45) is 0 Å². The Morgan fingerprint density at radius 1 is 1.11 bits per heavy atom. The van der Waals surface area contributed by atoms with Crippen LogP contribution in [0.1, 0.15) is 18.1 Å². The molecule has 0 N–H and O–H groups in total. The standard InChI is InChI=1S/C22H26N2O2S/c1-5-26-22(25)20-21(17-12-10-16(2)11-13-17)27-19-9-7-6-8-18(19)24(20)15-14-23(3)4/h6-13H,5,14-15H2,1-4H3. The smallest absolute Gasteiger partial charge is 0.356 e. The Hall–Kier alpha value is -2.24. The third-order valence-electron chi connectivity index (χ3n) is 4.41. The minimum Gasteiger partial charge on any atom is -0.461 e. The number of thioether (sulfide) groups is 1. The molecule has 27 heavy (non-hydrogen) atoms. The second-order valence-electron chi connectivity index (χ2n) is 6.79. The van der Waals surface area contributed by atoms with Crippen LogP contribution < -0.4 is 4.90 Å². The summed E-state index contributed by atoms with van der Waals surface area (Å²) in [4.78, 5) is 19.3. The summed E-state index contributed by atoms with van der Waals surface area (Å²) in [7, 11) is 4.08. The van der Waals surface area contributed by atoms with Gasteiger partial charge in [0.15, 0.2) is 0 Å². The number of carbonyl (C=O) groups excluding carboxylic acids is 1. The van der Waals surface area contributed by atoms with Gasteiger partial charge in [-0.05, 0) is 45.6 Å². The zero-order valence-electron chi connectivity index (χ0n) is 16.4. The first-order valence-corrected chi connectivity index (χ1v) is 10.0. The number of ether oxygens (including phenoxy) is 1. The number of fused-ring (bicyclic) bond motifs is 1. The summed E-state index contributed by atoms with van der Waals surface area (Å²) in [5.74, 6) is -0.270. The molecule has 2 aromatic rings. The van der Waals surface area contributed by atoms with Gasteiger partial charge in [0.05, 0.1) is 17.2 Å². The number of aryl methyl sites for hydroxylation is 1. The number of benzene rings is 2.